The van der Waals surface area contributed by atoms with Gasteiger partial charge in [-0.3, -0.25) is 9.62 Å². The number of fused-ring (bicyclic) bond motifs is 1. The fourth-order valence-corrected chi connectivity index (χ4v) is 7.02. The summed E-state index contributed by atoms with van der Waals surface area (Å²) < 4.78 is 98.5. The molecular formula is C32H35F5N2O3S. The summed E-state index contributed by atoms with van der Waals surface area (Å²) in [7, 11) is -4.01. The van der Waals surface area contributed by atoms with Crippen LogP contribution in [0.5, 0.6) is 5.75 Å². The molecule has 5 nitrogen and oxygen atoms in total. The second-order valence-corrected chi connectivity index (χ2v) is 13.1. The van der Waals surface area contributed by atoms with Crippen molar-refractivity contribution < 1.29 is 35.1 Å². The summed E-state index contributed by atoms with van der Waals surface area (Å²) in [6, 6.07) is 15.0. The first kappa shape index (κ1) is 31.3. The molecule has 0 amide bonds. The third kappa shape index (κ3) is 8.06. The number of nitrogens with zero attached hydrogens (tertiary/aromatic N) is 1. The predicted octanol–water partition coefficient (Wildman–Crippen LogP) is 7.93. The van der Waals surface area contributed by atoms with Crippen LogP contribution in [0.15, 0.2) is 65.6 Å². The van der Waals surface area contributed by atoms with Gasteiger partial charge < -0.3 is 4.74 Å². The zero-order valence-electron chi connectivity index (χ0n) is 23.7. The first-order valence-electron chi connectivity index (χ1n) is 14.6. The van der Waals surface area contributed by atoms with Crippen LogP contribution in [0.1, 0.15) is 60.8 Å². The molecule has 0 unspecified atom stereocenters. The van der Waals surface area contributed by atoms with Crippen LogP contribution in [0.3, 0.4) is 0 Å². The van der Waals surface area contributed by atoms with E-state index in [2.05, 4.69) is 14.4 Å². The fourth-order valence-electron chi connectivity index (χ4n) is 5.91. The van der Waals surface area contributed by atoms with Gasteiger partial charge in [-0.05, 0) is 83.8 Å². The number of hydrogen-bond donors (Lipinski definition) is 1. The summed E-state index contributed by atoms with van der Waals surface area (Å²) in [6.07, 6.45) is 0.143. The molecule has 1 fully saturated rings. The normalized spacial score (nSPS) is 16.4. The lowest BCUT2D eigenvalue weighted by atomic mass is 9.98. The first-order valence-corrected chi connectivity index (χ1v) is 16.1. The van der Waals surface area contributed by atoms with Crippen molar-refractivity contribution in [3.8, 4) is 5.75 Å². The van der Waals surface area contributed by atoms with E-state index in [1.807, 2.05) is 0 Å². The standard InChI is InChI=1S/C32H35F5N2O3S/c33-29-18-23(7-3-6-22-4-1-2-5-22)10-15-30(29)38-43(40,41)28-14-11-26-21-39(17-16-25(26)19-28)20-24-8-12-27(13-9-24)42-32(36,37)31(34)35/h8-15,18-19,22,31,38H,1-7,16-17,20-21H2. The molecule has 3 aromatic rings. The Hall–Kier alpha value is -3.18. The summed E-state index contributed by atoms with van der Waals surface area (Å²) in [5, 5.41) is 0. The molecule has 5 rings (SSSR count). The Bertz CT molecular complexity index is 1510. The van der Waals surface area contributed by atoms with E-state index >= 15 is 0 Å². The molecule has 0 bridgehead atoms. The summed E-state index contributed by atoms with van der Waals surface area (Å²) in [4.78, 5) is 2.15. The van der Waals surface area contributed by atoms with Crippen LogP contribution in [-0.2, 0) is 36.0 Å². The molecule has 0 saturated heterocycles. The van der Waals surface area contributed by atoms with Crippen molar-refractivity contribution in [2.45, 2.75) is 81.9 Å². The molecule has 1 aliphatic carbocycles. The summed E-state index contributed by atoms with van der Waals surface area (Å²) in [6.45, 7) is 1.62. The number of sulfonamides is 1. The smallest absolute Gasteiger partial charge is 0.428 e. The Morgan fingerprint density at radius 1 is 0.953 bits per heavy atom. The Morgan fingerprint density at radius 3 is 2.37 bits per heavy atom. The molecular weight excluding hydrogens is 587 g/mol. The molecule has 1 aliphatic heterocycles. The molecule has 0 spiro atoms. The Morgan fingerprint density at radius 2 is 1.67 bits per heavy atom. The molecule has 0 radical (unpaired) electrons. The Kier molecular flexibility index (Phi) is 9.60. The molecule has 11 heteroatoms. The van der Waals surface area contributed by atoms with Gasteiger partial charge in [-0.15, -0.1) is 0 Å². The highest BCUT2D eigenvalue weighted by atomic mass is 32.2. The minimum Gasteiger partial charge on any atom is -0.428 e. The largest absolute Gasteiger partial charge is 0.461 e. The van der Waals surface area contributed by atoms with Crippen LogP contribution < -0.4 is 9.46 Å². The second-order valence-electron chi connectivity index (χ2n) is 11.5. The number of ether oxygens (including phenoxy) is 1. The van der Waals surface area contributed by atoms with Crippen LogP contribution in [0.4, 0.5) is 27.6 Å². The molecule has 0 atom stereocenters. The topological polar surface area (TPSA) is 58.6 Å². The van der Waals surface area contributed by atoms with Crippen molar-refractivity contribution in [1.29, 1.82) is 0 Å². The fraction of sp³-hybridized carbons (Fsp3) is 0.438. The molecule has 1 heterocycles. The Balaban J connectivity index is 1.16. The average molecular weight is 623 g/mol. The maximum atomic E-state index is 14.8. The second kappa shape index (κ2) is 13.2. The van der Waals surface area contributed by atoms with E-state index in [4.69, 9.17) is 0 Å². The molecule has 1 saturated carbocycles. The number of anilines is 1. The van der Waals surface area contributed by atoms with E-state index in [1.54, 1.807) is 18.2 Å². The third-order valence-electron chi connectivity index (χ3n) is 8.25. The van der Waals surface area contributed by atoms with Gasteiger partial charge in [0.2, 0.25) is 0 Å². The van der Waals surface area contributed by atoms with Crippen LogP contribution in [-0.4, -0.2) is 32.4 Å². The van der Waals surface area contributed by atoms with Gasteiger partial charge in [-0.25, -0.2) is 12.8 Å². The van der Waals surface area contributed by atoms with E-state index in [0.717, 1.165) is 47.4 Å². The van der Waals surface area contributed by atoms with Crippen molar-refractivity contribution >= 4 is 15.7 Å². The summed E-state index contributed by atoms with van der Waals surface area (Å²) in [5.41, 5.74) is 3.36. The highest BCUT2D eigenvalue weighted by molar-refractivity contribution is 7.92. The SMILES string of the molecule is O=S(=O)(Nc1ccc(CCCC2CCCC2)cc1F)c1ccc2c(c1)CCN(Cc1ccc(OC(F)(F)C(F)F)cc1)C2. The third-order valence-corrected chi connectivity index (χ3v) is 9.61. The number of halogens is 5. The number of hydrogen-bond acceptors (Lipinski definition) is 4. The van der Waals surface area contributed by atoms with Gasteiger partial charge >= 0.3 is 12.5 Å². The first-order chi connectivity index (χ1) is 20.5. The van der Waals surface area contributed by atoms with Crippen molar-refractivity contribution in [1.82, 2.24) is 4.90 Å². The van der Waals surface area contributed by atoms with Crippen molar-refractivity contribution in [2.24, 2.45) is 5.92 Å². The van der Waals surface area contributed by atoms with Gasteiger partial charge in [0.15, 0.2) is 0 Å². The molecule has 2 aliphatic rings. The van der Waals surface area contributed by atoms with E-state index in [-0.39, 0.29) is 16.3 Å². The van der Waals surface area contributed by atoms with Crippen LogP contribution in [0.25, 0.3) is 0 Å². The lowest BCUT2D eigenvalue weighted by Gasteiger charge is -2.29. The zero-order valence-corrected chi connectivity index (χ0v) is 24.5. The maximum absolute atomic E-state index is 14.8. The van der Waals surface area contributed by atoms with Gasteiger partial charge in [0.25, 0.3) is 10.0 Å². The average Bonchev–Trinajstić information content (AvgIpc) is 3.48. The monoisotopic (exact) mass is 622 g/mol. The van der Waals surface area contributed by atoms with Crippen molar-refractivity contribution in [3.05, 3.63) is 88.7 Å². The number of rotatable bonds is 12. The Labute approximate surface area is 249 Å². The zero-order chi connectivity index (χ0) is 30.6. The lowest BCUT2D eigenvalue weighted by molar-refractivity contribution is -0.253. The van der Waals surface area contributed by atoms with Gasteiger partial charge in [-0.1, -0.05) is 56.4 Å². The number of nitrogens with one attached hydrogen (secondary N) is 1. The van der Waals surface area contributed by atoms with E-state index in [1.165, 1.54) is 68.1 Å². The molecule has 0 aromatic heterocycles. The molecule has 3 aromatic carbocycles. The van der Waals surface area contributed by atoms with Gasteiger partial charge in [0.05, 0.1) is 10.6 Å². The summed E-state index contributed by atoms with van der Waals surface area (Å²) >= 11 is 0. The number of aryl methyl sites for hydroxylation is 1. The van der Waals surface area contributed by atoms with Crippen LogP contribution >= 0.6 is 0 Å². The minimum atomic E-state index is -4.56. The quantitative estimate of drug-likeness (QED) is 0.209. The highest BCUT2D eigenvalue weighted by Gasteiger charge is 2.44. The highest BCUT2D eigenvalue weighted by Crippen LogP contribution is 2.31. The predicted molar refractivity (Wildman–Crippen MR) is 154 cm³/mol. The van der Waals surface area contributed by atoms with E-state index in [9.17, 15) is 30.4 Å². The van der Waals surface area contributed by atoms with E-state index < -0.39 is 28.4 Å². The lowest BCUT2D eigenvalue weighted by Crippen LogP contribution is -2.33. The van der Waals surface area contributed by atoms with Gasteiger partial charge in [0.1, 0.15) is 11.6 Å². The van der Waals surface area contributed by atoms with Gasteiger partial charge in [-0.2, -0.15) is 17.6 Å². The molecule has 43 heavy (non-hydrogen) atoms. The van der Waals surface area contributed by atoms with Crippen molar-refractivity contribution in [3.63, 3.8) is 0 Å². The van der Waals surface area contributed by atoms with Crippen LogP contribution in [0, 0.1) is 11.7 Å². The molecule has 1 N–H and O–H groups in total. The molecule has 232 valence electrons. The van der Waals surface area contributed by atoms with Gasteiger partial charge in [0, 0.05) is 19.6 Å². The van der Waals surface area contributed by atoms with Crippen molar-refractivity contribution in [2.75, 3.05) is 11.3 Å². The maximum Gasteiger partial charge on any atom is 0.461 e. The number of benzene rings is 3. The van der Waals surface area contributed by atoms with E-state index in [0.29, 0.717) is 26.1 Å². The summed E-state index contributed by atoms with van der Waals surface area (Å²) in [5.74, 6) is -0.179. The van der Waals surface area contributed by atoms with Crippen LogP contribution in [0.2, 0.25) is 0 Å². The number of alkyl halides is 4. The minimum absolute atomic E-state index is 0.0518.